The molecule has 0 atom stereocenters. The maximum Gasteiger partial charge on any atom is 0.265 e. The molecule has 1 aromatic heterocycles. The summed E-state index contributed by atoms with van der Waals surface area (Å²) in [7, 11) is -3.99. The van der Waals surface area contributed by atoms with Gasteiger partial charge in [0, 0.05) is 23.6 Å². The molecule has 0 fully saturated rings. The second-order valence-electron chi connectivity index (χ2n) is 9.36. The van der Waals surface area contributed by atoms with Gasteiger partial charge in [-0.3, -0.25) is 0 Å². The van der Waals surface area contributed by atoms with E-state index in [2.05, 4.69) is 23.7 Å². The van der Waals surface area contributed by atoms with Gasteiger partial charge in [0.1, 0.15) is 5.75 Å². The van der Waals surface area contributed by atoms with Gasteiger partial charge in [0.25, 0.3) is 10.0 Å². The molecule has 188 valence electrons. The number of ether oxygens (including phenoxy) is 1. The molecule has 0 aliphatic carbocycles. The number of hydrogen-bond acceptors (Lipinski definition) is 5. The maximum atomic E-state index is 13.6. The van der Waals surface area contributed by atoms with Crippen molar-refractivity contribution < 1.29 is 17.7 Å². The van der Waals surface area contributed by atoms with Crippen molar-refractivity contribution in [1.82, 2.24) is 5.16 Å². The van der Waals surface area contributed by atoms with Crippen molar-refractivity contribution in [3.63, 3.8) is 0 Å². The van der Waals surface area contributed by atoms with Crippen molar-refractivity contribution in [3.05, 3.63) is 95.2 Å². The molecule has 1 N–H and O–H groups in total. The molecule has 0 bridgehead atoms. The zero-order valence-electron chi connectivity index (χ0n) is 21.1. The van der Waals surface area contributed by atoms with Crippen molar-refractivity contribution in [2.24, 2.45) is 5.92 Å². The Balaban J connectivity index is 1.66. The molecule has 1 heterocycles. The van der Waals surface area contributed by atoms with Gasteiger partial charge in [-0.25, -0.2) is 13.1 Å². The van der Waals surface area contributed by atoms with Gasteiger partial charge in [0.2, 0.25) is 5.88 Å². The van der Waals surface area contributed by atoms with E-state index in [0.717, 1.165) is 24.0 Å². The fraction of sp³-hybridized carbons (Fsp3) is 0.276. The first-order valence-electron chi connectivity index (χ1n) is 12.1. The highest BCUT2D eigenvalue weighted by molar-refractivity contribution is 7.92. The van der Waals surface area contributed by atoms with Gasteiger partial charge in [-0.1, -0.05) is 73.6 Å². The average molecular weight is 505 g/mol. The molecule has 3 aromatic carbocycles. The predicted octanol–water partition coefficient (Wildman–Crippen LogP) is 6.58. The monoisotopic (exact) mass is 504 g/mol. The summed E-state index contributed by atoms with van der Waals surface area (Å²) in [4.78, 5) is 0.116. The summed E-state index contributed by atoms with van der Waals surface area (Å²) in [6, 6.07) is 23.2. The van der Waals surface area contributed by atoms with Gasteiger partial charge in [-0.2, -0.15) is 0 Å². The van der Waals surface area contributed by atoms with E-state index in [4.69, 9.17) is 9.26 Å². The molecule has 0 aliphatic heterocycles. The third-order valence-corrected chi connectivity index (χ3v) is 7.41. The average Bonchev–Trinajstić information content (AvgIpc) is 3.16. The van der Waals surface area contributed by atoms with Crippen LogP contribution in [0.2, 0.25) is 0 Å². The van der Waals surface area contributed by atoms with E-state index < -0.39 is 10.0 Å². The number of aryl methyl sites for hydroxylation is 1. The normalized spacial score (nSPS) is 11.6. The van der Waals surface area contributed by atoms with Crippen LogP contribution in [0.5, 0.6) is 5.75 Å². The highest BCUT2D eigenvalue weighted by Crippen LogP contribution is 2.33. The molecule has 4 rings (SSSR count). The van der Waals surface area contributed by atoms with Crippen molar-refractivity contribution in [2.75, 3.05) is 11.3 Å². The van der Waals surface area contributed by atoms with Crippen LogP contribution in [0, 0.1) is 19.8 Å². The summed E-state index contributed by atoms with van der Waals surface area (Å²) in [5.74, 6) is 1.13. The minimum atomic E-state index is -3.99. The minimum Gasteiger partial charge on any atom is -0.493 e. The first-order chi connectivity index (χ1) is 17.2. The van der Waals surface area contributed by atoms with Crippen LogP contribution >= 0.6 is 0 Å². The van der Waals surface area contributed by atoms with Crippen molar-refractivity contribution in [1.29, 1.82) is 0 Å². The number of nitrogens with one attached hydrogen (secondary N) is 1. The molecular weight excluding hydrogens is 472 g/mol. The van der Waals surface area contributed by atoms with Gasteiger partial charge in [0.15, 0.2) is 0 Å². The van der Waals surface area contributed by atoms with Crippen LogP contribution in [0.25, 0.3) is 11.1 Å². The summed E-state index contributed by atoms with van der Waals surface area (Å²) in [6.07, 6.45) is 1.68. The van der Waals surface area contributed by atoms with Crippen LogP contribution in [-0.4, -0.2) is 20.2 Å². The third-order valence-electron chi connectivity index (χ3n) is 6.04. The Bertz CT molecular complexity index is 1410. The number of aromatic nitrogens is 1. The molecule has 6 nitrogen and oxygen atoms in total. The van der Waals surface area contributed by atoms with Crippen LogP contribution in [-0.2, 0) is 22.9 Å². The van der Waals surface area contributed by atoms with Crippen LogP contribution in [0.15, 0.2) is 82.2 Å². The van der Waals surface area contributed by atoms with Crippen LogP contribution in [0.4, 0.5) is 5.88 Å². The van der Waals surface area contributed by atoms with E-state index in [1.807, 2.05) is 60.7 Å². The molecule has 0 saturated carbocycles. The molecule has 0 saturated heterocycles. The topological polar surface area (TPSA) is 81.4 Å². The Labute approximate surface area is 213 Å². The Hall–Kier alpha value is -3.58. The van der Waals surface area contributed by atoms with Gasteiger partial charge >= 0.3 is 0 Å². The Morgan fingerprint density at radius 2 is 1.67 bits per heavy atom. The van der Waals surface area contributed by atoms with Gasteiger partial charge in [-0.05, 0) is 55.0 Å². The van der Waals surface area contributed by atoms with E-state index in [1.165, 1.54) is 5.56 Å². The molecule has 0 amide bonds. The number of benzene rings is 3. The van der Waals surface area contributed by atoms with Crippen molar-refractivity contribution in [2.45, 2.75) is 45.4 Å². The quantitative estimate of drug-likeness (QED) is 0.264. The lowest BCUT2D eigenvalue weighted by molar-refractivity contribution is 0.321. The largest absolute Gasteiger partial charge is 0.493 e. The van der Waals surface area contributed by atoms with E-state index in [0.29, 0.717) is 35.1 Å². The zero-order valence-corrected chi connectivity index (χ0v) is 21.9. The molecular formula is C29H32N2O4S. The van der Waals surface area contributed by atoms with Crippen molar-refractivity contribution >= 4 is 15.9 Å². The van der Waals surface area contributed by atoms with Gasteiger partial charge in [0.05, 0.1) is 17.2 Å². The minimum absolute atomic E-state index is 0.112. The SMILES string of the molecule is Cc1noc(NS(=O)(=O)c2cc(OCCc3ccccc3)ccc2-c2ccc(CC(C)C)cc2)c1C. The molecule has 0 unspecified atom stereocenters. The Morgan fingerprint density at radius 1 is 0.944 bits per heavy atom. The number of sulfonamides is 1. The number of hydrogen-bond donors (Lipinski definition) is 1. The fourth-order valence-electron chi connectivity index (χ4n) is 3.96. The second kappa shape index (κ2) is 11.0. The van der Waals surface area contributed by atoms with Crippen LogP contribution < -0.4 is 9.46 Å². The number of rotatable bonds is 10. The molecule has 4 aromatic rings. The molecule has 0 aliphatic rings. The maximum absolute atomic E-state index is 13.6. The summed E-state index contributed by atoms with van der Waals surface area (Å²) in [5.41, 5.74) is 5.04. The van der Waals surface area contributed by atoms with E-state index in [-0.39, 0.29) is 10.8 Å². The third kappa shape index (κ3) is 6.15. The van der Waals surface area contributed by atoms with E-state index in [1.54, 1.807) is 26.0 Å². The lowest BCUT2D eigenvalue weighted by Gasteiger charge is -2.15. The smallest absolute Gasteiger partial charge is 0.265 e. The summed E-state index contributed by atoms with van der Waals surface area (Å²) in [5, 5.41) is 3.87. The predicted molar refractivity (Wildman–Crippen MR) is 143 cm³/mol. The summed E-state index contributed by atoms with van der Waals surface area (Å²) < 4.78 is 40.9. The zero-order chi connectivity index (χ0) is 25.7. The molecule has 0 radical (unpaired) electrons. The highest BCUT2D eigenvalue weighted by Gasteiger charge is 2.24. The molecule has 36 heavy (non-hydrogen) atoms. The molecule has 0 spiro atoms. The first-order valence-corrected chi connectivity index (χ1v) is 13.6. The number of nitrogens with zero attached hydrogens (tertiary/aromatic N) is 1. The van der Waals surface area contributed by atoms with E-state index in [9.17, 15) is 8.42 Å². The van der Waals surface area contributed by atoms with Crippen molar-refractivity contribution in [3.8, 4) is 16.9 Å². The lowest BCUT2D eigenvalue weighted by Crippen LogP contribution is -2.15. The fourth-order valence-corrected chi connectivity index (χ4v) is 5.26. The first kappa shape index (κ1) is 25.5. The summed E-state index contributed by atoms with van der Waals surface area (Å²) >= 11 is 0. The number of anilines is 1. The van der Waals surface area contributed by atoms with E-state index >= 15 is 0 Å². The Morgan fingerprint density at radius 3 is 2.31 bits per heavy atom. The molecule has 7 heteroatoms. The lowest BCUT2D eigenvalue weighted by atomic mass is 9.99. The van der Waals surface area contributed by atoms with Gasteiger partial charge < -0.3 is 9.26 Å². The highest BCUT2D eigenvalue weighted by atomic mass is 32.2. The summed E-state index contributed by atoms with van der Waals surface area (Å²) in [6.45, 7) is 8.31. The standard InChI is InChI=1S/C29H32N2O4S/c1-20(2)18-24-10-12-25(13-11-24)27-15-14-26(34-17-16-23-8-6-5-7-9-23)19-28(27)36(32,33)31-29-21(3)22(4)30-35-29/h5-15,19-20,31H,16-18H2,1-4H3. The Kier molecular flexibility index (Phi) is 7.79. The van der Waals surface area contributed by atoms with Gasteiger partial charge in [-0.15, -0.1) is 0 Å². The van der Waals surface area contributed by atoms with Crippen LogP contribution in [0.3, 0.4) is 0 Å². The van der Waals surface area contributed by atoms with Crippen LogP contribution in [0.1, 0.15) is 36.2 Å². The second-order valence-corrected chi connectivity index (χ2v) is 11.0.